The highest BCUT2D eigenvalue weighted by Gasteiger charge is 2.56. The number of nitrogens with two attached hydrogens (primary N) is 1. The van der Waals surface area contributed by atoms with Crippen molar-refractivity contribution in [3.63, 3.8) is 0 Å². The van der Waals surface area contributed by atoms with Crippen molar-refractivity contribution in [3.8, 4) is 28.5 Å². The van der Waals surface area contributed by atoms with E-state index < -0.39 is 29.7 Å². The van der Waals surface area contributed by atoms with Crippen molar-refractivity contribution in [2.45, 2.75) is 56.5 Å². The van der Waals surface area contributed by atoms with Crippen molar-refractivity contribution in [1.82, 2.24) is 25.7 Å². The Hall–Kier alpha value is -5.61. The molecule has 5 N–H and O–H groups in total. The molecular formula is C38H42N6O10. The van der Waals surface area contributed by atoms with E-state index >= 15 is 0 Å². The molecule has 0 radical (unpaired) electrons. The van der Waals surface area contributed by atoms with Crippen molar-refractivity contribution in [2.24, 2.45) is 11.8 Å². The van der Waals surface area contributed by atoms with Gasteiger partial charge in [0.15, 0.2) is 11.6 Å². The summed E-state index contributed by atoms with van der Waals surface area (Å²) in [6, 6.07) is 12.2. The molecule has 8 rings (SSSR count). The van der Waals surface area contributed by atoms with E-state index in [-0.39, 0.29) is 92.2 Å². The SMILES string of the molecule is Nc1nnc(-c2ccccc2O)cc1OCCC1CC2(NC(=O)CCOCCOCCOc3cccc4c3C(=O)N(C3CCC(=O)NC3=O)C4=O)CC1C2. The lowest BCUT2D eigenvalue weighted by Gasteiger charge is -2.39. The number of carbonyl (C=O) groups is 5. The second-order valence-electron chi connectivity index (χ2n) is 14.0. The largest absolute Gasteiger partial charge is 0.507 e. The van der Waals surface area contributed by atoms with Crippen molar-refractivity contribution in [2.75, 3.05) is 45.4 Å². The van der Waals surface area contributed by atoms with Crippen molar-refractivity contribution in [3.05, 3.63) is 59.7 Å². The number of para-hydroxylation sites is 1. The molecule has 16 nitrogen and oxygen atoms in total. The van der Waals surface area contributed by atoms with Crippen LogP contribution >= 0.6 is 0 Å². The van der Waals surface area contributed by atoms with E-state index in [0.29, 0.717) is 35.4 Å². The van der Waals surface area contributed by atoms with E-state index in [4.69, 9.17) is 24.7 Å². The van der Waals surface area contributed by atoms with Gasteiger partial charge in [-0.1, -0.05) is 18.2 Å². The van der Waals surface area contributed by atoms with Crippen LogP contribution in [-0.4, -0.2) is 101 Å². The van der Waals surface area contributed by atoms with Gasteiger partial charge in [0, 0.05) is 30.0 Å². The lowest BCUT2D eigenvalue weighted by atomic mass is 9.76. The molecular weight excluding hydrogens is 700 g/mol. The zero-order chi connectivity index (χ0) is 37.8. The number of ether oxygens (including phenoxy) is 4. The third kappa shape index (κ3) is 7.70. The van der Waals surface area contributed by atoms with Crippen LogP contribution in [0.15, 0.2) is 48.5 Å². The van der Waals surface area contributed by atoms with Gasteiger partial charge in [0.05, 0.1) is 44.2 Å². The molecule has 2 atom stereocenters. The molecule has 1 saturated heterocycles. The Bertz CT molecular complexity index is 1950. The Balaban J connectivity index is 0.759. The smallest absolute Gasteiger partial charge is 0.266 e. The number of nitrogens with one attached hydrogen (secondary N) is 2. The first-order valence-corrected chi connectivity index (χ1v) is 18.1. The normalized spacial score (nSPS) is 22.8. The monoisotopic (exact) mass is 742 g/mol. The first-order valence-electron chi connectivity index (χ1n) is 18.1. The minimum absolute atomic E-state index is 0.0384. The maximum Gasteiger partial charge on any atom is 0.266 e. The van der Waals surface area contributed by atoms with Gasteiger partial charge >= 0.3 is 0 Å². The van der Waals surface area contributed by atoms with E-state index in [1.54, 1.807) is 42.5 Å². The number of nitrogens with zero attached hydrogens (tertiary/aromatic N) is 3. The molecule has 284 valence electrons. The zero-order valence-corrected chi connectivity index (χ0v) is 29.6. The lowest BCUT2D eigenvalue weighted by Crippen LogP contribution is -2.54. The van der Waals surface area contributed by atoms with Crippen LogP contribution in [0.3, 0.4) is 0 Å². The number of hydrogen-bond acceptors (Lipinski definition) is 13. The third-order valence-electron chi connectivity index (χ3n) is 10.5. The number of fused-ring (bicyclic) bond motifs is 2. The van der Waals surface area contributed by atoms with E-state index in [1.165, 1.54) is 6.07 Å². The fraction of sp³-hybridized carbons (Fsp3) is 0.447. The number of phenolic OH excluding ortho intramolecular Hbond substituents is 1. The fourth-order valence-corrected chi connectivity index (χ4v) is 7.90. The lowest BCUT2D eigenvalue weighted by molar-refractivity contribution is -0.136. The van der Waals surface area contributed by atoms with Crippen LogP contribution in [0.2, 0.25) is 0 Å². The van der Waals surface area contributed by atoms with Gasteiger partial charge in [-0.25, -0.2) is 0 Å². The molecule has 2 aliphatic heterocycles. The highest BCUT2D eigenvalue weighted by molar-refractivity contribution is 6.24. The summed E-state index contributed by atoms with van der Waals surface area (Å²) in [6.07, 6.45) is 3.95. The highest BCUT2D eigenvalue weighted by Crippen LogP contribution is 2.56. The maximum absolute atomic E-state index is 13.2. The van der Waals surface area contributed by atoms with E-state index in [0.717, 1.165) is 30.6 Å². The second-order valence-corrected chi connectivity index (χ2v) is 14.0. The number of nitrogen functional groups attached to an aromatic ring is 1. The van der Waals surface area contributed by atoms with Gasteiger partial charge < -0.3 is 35.1 Å². The van der Waals surface area contributed by atoms with Gasteiger partial charge in [-0.3, -0.25) is 34.2 Å². The summed E-state index contributed by atoms with van der Waals surface area (Å²) in [4.78, 5) is 63.6. The second kappa shape index (κ2) is 15.8. The number of anilines is 1. The number of imide groups is 2. The summed E-state index contributed by atoms with van der Waals surface area (Å²) in [7, 11) is 0. The number of rotatable bonds is 17. The van der Waals surface area contributed by atoms with Crippen LogP contribution in [0.1, 0.15) is 65.7 Å². The standard InChI is InChI=1S/C38H42N6O10/c39-34-30(18-26(42-43-34)24-4-1-2-6-28(24)45)53-13-10-22-19-38(20-23(22)21-38)41-32(47)11-12-51-14-15-52-16-17-54-29-7-3-5-25-33(29)37(50)44(36(25)49)27-8-9-31(46)40-35(27)48/h1-7,18,22-23,27,45H,8-17,19-21H2,(H2,39,43)(H,41,47)(H,40,46,48). The number of piperidine rings is 1. The topological polar surface area (TPSA) is 222 Å². The van der Waals surface area contributed by atoms with Crippen LogP contribution in [0.4, 0.5) is 5.82 Å². The van der Waals surface area contributed by atoms with Crippen molar-refractivity contribution < 1.29 is 48.0 Å². The minimum Gasteiger partial charge on any atom is -0.507 e. The molecule has 3 saturated carbocycles. The molecule has 4 fully saturated rings. The number of aromatic nitrogens is 2. The molecule has 3 aromatic rings. The average molecular weight is 743 g/mol. The molecule has 2 bridgehead atoms. The number of aromatic hydroxyl groups is 1. The van der Waals surface area contributed by atoms with Gasteiger partial charge in [0.1, 0.15) is 29.8 Å². The van der Waals surface area contributed by atoms with E-state index in [9.17, 15) is 29.1 Å². The van der Waals surface area contributed by atoms with Crippen LogP contribution in [0.25, 0.3) is 11.3 Å². The van der Waals surface area contributed by atoms with Gasteiger partial charge in [-0.2, -0.15) is 0 Å². The molecule has 1 aromatic heterocycles. The molecule has 2 unspecified atom stereocenters. The van der Waals surface area contributed by atoms with Gasteiger partial charge in [0.25, 0.3) is 11.8 Å². The van der Waals surface area contributed by atoms with Crippen molar-refractivity contribution >= 4 is 35.4 Å². The summed E-state index contributed by atoms with van der Waals surface area (Å²) in [5.74, 6) is -0.534. The Morgan fingerprint density at radius 1 is 0.889 bits per heavy atom. The van der Waals surface area contributed by atoms with Crippen LogP contribution in [-0.2, 0) is 23.9 Å². The number of amides is 5. The molecule has 0 spiro atoms. The molecule has 2 aromatic carbocycles. The summed E-state index contributed by atoms with van der Waals surface area (Å²) in [5, 5.41) is 23.7. The van der Waals surface area contributed by atoms with Gasteiger partial charge in [-0.15, -0.1) is 10.2 Å². The Morgan fingerprint density at radius 3 is 2.43 bits per heavy atom. The first-order chi connectivity index (χ1) is 26.1. The van der Waals surface area contributed by atoms with E-state index in [1.807, 2.05) is 0 Å². The number of benzene rings is 2. The Morgan fingerprint density at radius 2 is 1.63 bits per heavy atom. The molecule has 5 amide bonds. The van der Waals surface area contributed by atoms with Gasteiger partial charge in [-0.05, 0) is 68.2 Å². The number of carbonyl (C=O) groups excluding carboxylic acids is 5. The Kier molecular flexibility index (Phi) is 10.7. The minimum atomic E-state index is -1.05. The summed E-state index contributed by atoms with van der Waals surface area (Å²) in [6.45, 7) is 1.54. The Labute approximate surface area is 310 Å². The number of hydrogen-bond donors (Lipinski definition) is 4. The predicted octanol–water partition coefficient (Wildman–Crippen LogP) is 2.39. The zero-order valence-electron chi connectivity index (χ0n) is 29.6. The van der Waals surface area contributed by atoms with Crippen LogP contribution in [0.5, 0.6) is 17.2 Å². The molecule has 54 heavy (non-hydrogen) atoms. The maximum atomic E-state index is 13.2. The molecule has 16 heteroatoms. The quantitative estimate of drug-likeness (QED) is 0.115. The highest BCUT2D eigenvalue weighted by atomic mass is 16.5. The summed E-state index contributed by atoms with van der Waals surface area (Å²) < 4.78 is 22.9. The third-order valence-corrected chi connectivity index (χ3v) is 10.5. The van der Waals surface area contributed by atoms with Crippen LogP contribution < -0.4 is 25.8 Å². The molecule has 3 heterocycles. The summed E-state index contributed by atoms with van der Waals surface area (Å²) in [5.41, 5.74) is 7.06. The molecule has 5 aliphatic rings. The van der Waals surface area contributed by atoms with Gasteiger partial charge in [0.2, 0.25) is 17.7 Å². The average Bonchev–Trinajstić information content (AvgIpc) is 3.75. The molecule has 3 aliphatic carbocycles. The number of phenols is 1. The van der Waals surface area contributed by atoms with E-state index in [2.05, 4.69) is 20.8 Å². The fourth-order valence-electron chi connectivity index (χ4n) is 7.90. The predicted molar refractivity (Wildman–Crippen MR) is 190 cm³/mol. The van der Waals surface area contributed by atoms with Crippen LogP contribution in [0, 0.1) is 11.8 Å². The summed E-state index contributed by atoms with van der Waals surface area (Å²) >= 11 is 0. The first kappa shape index (κ1) is 36.7. The van der Waals surface area contributed by atoms with Crippen molar-refractivity contribution in [1.29, 1.82) is 0 Å².